The van der Waals surface area contributed by atoms with Crippen molar-refractivity contribution < 1.29 is 45.0 Å². The Balaban J connectivity index is -0.000000529. The van der Waals surface area contributed by atoms with Crippen LogP contribution in [0.25, 0.3) is 0 Å². The smallest absolute Gasteiger partial charge is 0.566 e. The minimum Gasteiger partial charge on any atom is -0.566 e. The predicted molar refractivity (Wildman–Crippen MR) is 131 cm³/mol. The van der Waals surface area contributed by atoms with Crippen molar-refractivity contribution in [1.82, 2.24) is 0 Å². The molecule has 0 saturated carbocycles. The van der Waals surface area contributed by atoms with Crippen molar-refractivity contribution in [1.29, 1.82) is 0 Å². The van der Waals surface area contributed by atoms with Gasteiger partial charge in [0.05, 0.1) is 0 Å². The van der Waals surface area contributed by atoms with Crippen molar-refractivity contribution in [2.75, 3.05) is 13.2 Å². The number of hydrogen-bond acceptors (Lipinski definition) is 6. The summed E-state index contributed by atoms with van der Waals surface area (Å²) in [5.41, 5.74) is 0. The zero-order chi connectivity index (χ0) is 24.1. The molecule has 2 atom stereocenters. The van der Waals surface area contributed by atoms with E-state index in [4.69, 9.17) is 0 Å². The third-order valence-corrected chi connectivity index (χ3v) is 6.18. The summed E-state index contributed by atoms with van der Waals surface area (Å²) < 4.78 is 29.1. The van der Waals surface area contributed by atoms with Crippen molar-refractivity contribution in [3.63, 3.8) is 0 Å². The Hall–Kier alpha value is 0.559. The van der Waals surface area contributed by atoms with E-state index in [1.54, 1.807) is 0 Å². The molecular formula is C24H50FeO6P2+2. The van der Waals surface area contributed by atoms with Gasteiger partial charge in [0.15, 0.2) is 0 Å². The molecule has 9 heteroatoms. The summed E-state index contributed by atoms with van der Waals surface area (Å²) in [6.07, 6.45) is 25.0. The number of unbranched alkanes of at least 4 members (excludes halogenated alkanes) is 18. The third-order valence-electron chi connectivity index (χ3n) is 5.39. The summed E-state index contributed by atoms with van der Waals surface area (Å²) in [5, 5.41) is 0. The zero-order valence-corrected chi connectivity index (χ0v) is 24.1. The number of hydrogen-bond donors (Lipinski definition) is 0. The molecule has 0 N–H and O–H groups in total. The van der Waals surface area contributed by atoms with Gasteiger partial charge in [-0.2, -0.15) is 0 Å². The molecule has 0 amide bonds. The van der Waals surface area contributed by atoms with E-state index in [1.807, 2.05) is 0 Å². The summed E-state index contributed by atoms with van der Waals surface area (Å²) in [7, 11) is -5.27. The molecule has 0 aromatic rings. The third kappa shape index (κ3) is 43.1. The summed E-state index contributed by atoms with van der Waals surface area (Å²) in [6, 6.07) is 0. The average molecular weight is 552 g/mol. The maximum atomic E-state index is 10.1. The van der Waals surface area contributed by atoms with Crippen molar-refractivity contribution >= 4 is 16.5 Å². The first-order chi connectivity index (χ1) is 15.5. The van der Waals surface area contributed by atoms with Gasteiger partial charge in [0, 0.05) is 0 Å². The zero-order valence-electron chi connectivity index (χ0n) is 21.3. The van der Waals surface area contributed by atoms with Gasteiger partial charge in [-0.3, -0.25) is 0 Å². The molecule has 0 saturated heterocycles. The van der Waals surface area contributed by atoms with Crippen LogP contribution in [0, 0.1) is 0 Å². The van der Waals surface area contributed by atoms with Crippen molar-refractivity contribution in [2.45, 2.75) is 142 Å². The van der Waals surface area contributed by atoms with Crippen molar-refractivity contribution in [3.8, 4) is 0 Å². The molecule has 0 rings (SSSR count). The molecule has 0 radical (unpaired) electrons. The van der Waals surface area contributed by atoms with Gasteiger partial charge in [-0.05, 0) is 22.0 Å². The maximum Gasteiger partial charge on any atom is 2.00 e. The van der Waals surface area contributed by atoms with E-state index in [0.29, 0.717) is 13.2 Å². The fraction of sp³-hybridized carbons (Fsp3) is 1.00. The molecule has 2 unspecified atom stereocenters. The van der Waals surface area contributed by atoms with E-state index in [0.717, 1.165) is 25.7 Å². The van der Waals surface area contributed by atoms with Gasteiger partial charge in [0.1, 0.15) is 13.2 Å². The minimum atomic E-state index is -2.64. The normalized spacial score (nSPS) is 11.4. The van der Waals surface area contributed by atoms with Crippen LogP contribution in [0.4, 0.5) is 0 Å². The van der Waals surface area contributed by atoms with Crippen LogP contribution in [0.5, 0.6) is 0 Å². The van der Waals surface area contributed by atoms with Crippen molar-refractivity contribution in [2.24, 2.45) is 0 Å². The molecule has 6 nitrogen and oxygen atoms in total. The standard InChI is InChI=1S/2C12H25O3P.Fe/c2*1-2-3-4-5-6-7-8-9-10-11-12-15-16(13)14;/h2*2-12H2,1H3;/q;;+2. The van der Waals surface area contributed by atoms with Crippen LogP contribution >= 0.6 is 16.5 Å². The second kappa shape index (κ2) is 34.7. The van der Waals surface area contributed by atoms with E-state index >= 15 is 0 Å². The predicted octanol–water partition coefficient (Wildman–Crippen LogP) is 7.88. The van der Waals surface area contributed by atoms with E-state index in [1.165, 1.54) is 103 Å². The largest absolute Gasteiger partial charge is 2.00 e. The Kier molecular flexibility index (Phi) is 40.1. The van der Waals surface area contributed by atoms with Crippen molar-refractivity contribution in [3.05, 3.63) is 0 Å². The van der Waals surface area contributed by atoms with Crippen LogP contribution in [0.1, 0.15) is 142 Å². The first-order valence-electron chi connectivity index (χ1n) is 13.1. The first-order valence-corrected chi connectivity index (χ1v) is 15.3. The molecule has 0 aliphatic carbocycles. The second-order valence-electron chi connectivity index (χ2n) is 8.48. The minimum absolute atomic E-state index is 0. The molecule has 0 aliphatic rings. The van der Waals surface area contributed by atoms with Crippen LogP contribution < -0.4 is 9.79 Å². The molecule has 198 valence electrons. The first kappa shape index (κ1) is 38.1. The maximum absolute atomic E-state index is 10.1. The molecule has 33 heavy (non-hydrogen) atoms. The topological polar surface area (TPSA) is 98.7 Å². The average Bonchev–Trinajstić information content (AvgIpc) is 2.76. The van der Waals surface area contributed by atoms with Gasteiger partial charge in [-0.15, -0.1) is 9.05 Å². The number of rotatable bonds is 24. The van der Waals surface area contributed by atoms with Gasteiger partial charge < -0.3 is 9.79 Å². The van der Waals surface area contributed by atoms with Gasteiger partial charge in [-0.1, -0.05) is 129 Å². The molecule has 0 bridgehead atoms. The molecular weight excluding hydrogens is 502 g/mol. The van der Waals surface area contributed by atoms with Crippen LogP contribution in [-0.2, 0) is 35.2 Å². The van der Waals surface area contributed by atoms with Gasteiger partial charge in [0.2, 0.25) is 0 Å². The van der Waals surface area contributed by atoms with Gasteiger partial charge >= 0.3 is 33.6 Å². The summed E-state index contributed by atoms with van der Waals surface area (Å²) in [5.74, 6) is 0. The second-order valence-corrected chi connectivity index (χ2v) is 9.89. The summed E-state index contributed by atoms with van der Waals surface area (Å²) in [6.45, 7) is 5.18. The molecule has 0 heterocycles. The molecule has 0 aromatic heterocycles. The van der Waals surface area contributed by atoms with Crippen LogP contribution in [0.3, 0.4) is 0 Å². The SMILES string of the molecule is CCCCCCCCCCCCO[P+](=O)[O-].CCCCCCCCCCCCO[P+](=O)[O-].[Fe+2]. The van der Waals surface area contributed by atoms with Crippen LogP contribution in [0.15, 0.2) is 0 Å². The Morgan fingerprint density at radius 3 is 0.879 bits per heavy atom. The Morgan fingerprint density at radius 2 is 0.667 bits per heavy atom. The Bertz CT molecular complexity index is 367. The Morgan fingerprint density at radius 1 is 0.455 bits per heavy atom. The monoisotopic (exact) mass is 552 g/mol. The van der Waals surface area contributed by atoms with E-state index in [-0.39, 0.29) is 17.1 Å². The van der Waals surface area contributed by atoms with E-state index in [2.05, 4.69) is 22.9 Å². The molecule has 0 fully saturated rings. The van der Waals surface area contributed by atoms with Gasteiger partial charge in [-0.25, -0.2) is 0 Å². The fourth-order valence-corrected chi connectivity index (χ4v) is 4.01. The molecule has 0 aromatic carbocycles. The molecule has 0 aliphatic heterocycles. The molecule has 0 spiro atoms. The Labute approximate surface area is 216 Å². The van der Waals surface area contributed by atoms with Gasteiger partial charge in [0.25, 0.3) is 0 Å². The summed E-state index contributed by atoms with van der Waals surface area (Å²) >= 11 is 0. The fourth-order valence-electron chi connectivity index (χ4n) is 3.46. The van der Waals surface area contributed by atoms with Crippen LogP contribution in [-0.4, -0.2) is 13.2 Å². The van der Waals surface area contributed by atoms with Crippen LogP contribution in [0.2, 0.25) is 0 Å². The quantitative estimate of drug-likeness (QED) is 0.0686. The van der Waals surface area contributed by atoms with E-state index < -0.39 is 16.5 Å². The van der Waals surface area contributed by atoms with E-state index in [9.17, 15) is 18.9 Å². The summed E-state index contributed by atoms with van der Waals surface area (Å²) in [4.78, 5) is 20.1.